The van der Waals surface area contributed by atoms with Crippen LogP contribution in [0.5, 0.6) is 0 Å². The molecule has 1 saturated heterocycles. The molecule has 1 aliphatic rings. The number of carbonyl (C=O) groups excluding carboxylic acids is 1. The van der Waals surface area contributed by atoms with Crippen LogP contribution in [0, 0.1) is 5.92 Å². The van der Waals surface area contributed by atoms with Crippen molar-refractivity contribution in [2.24, 2.45) is 11.7 Å². The lowest BCUT2D eigenvalue weighted by molar-refractivity contribution is -0.135. The summed E-state index contributed by atoms with van der Waals surface area (Å²) in [7, 11) is 0. The summed E-state index contributed by atoms with van der Waals surface area (Å²) < 4.78 is 0. The SMILES string of the molecule is CC(N)CCCC(C)C(=O)N1CCCNCC1. The fourth-order valence-electron chi connectivity index (χ4n) is 2.25. The molecule has 0 aromatic rings. The average molecular weight is 241 g/mol. The van der Waals surface area contributed by atoms with Gasteiger partial charge in [0.15, 0.2) is 0 Å². The van der Waals surface area contributed by atoms with E-state index in [0.29, 0.717) is 5.91 Å². The smallest absolute Gasteiger partial charge is 0.225 e. The lowest BCUT2D eigenvalue weighted by Gasteiger charge is -2.24. The van der Waals surface area contributed by atoms with Crippen molar-refractivity contribution < 1.29 is 4.79 Å². The van der Waals surface area contributed by atoms with Crippen LogP contribution in [0.1, 0.15) is 39.5 Å². The Balaban J connectivity index is 2.29. The third-order valence-electron chi connectivity index (χ3n) is 3.37. The fourth-order valence-corrected chi connectivity index (χ4v) is 2.25. The molecule has 1 aliphatic heterocycles. The lowest BCUT2D eigenvalue weighted by atomic mass is 10.0. The number of nitrogens with one attached hydrogen (secondary N) is 1. The Kier molecular flexibility index (Phi) is 6.52. The molecule has 2 unspecified atom stereocenters. The number of rotatable bonds is 5. The molecule has 0 bridgehead atoms. The second-order valence-electron chi connectivity index (χ2n) is 5.24. The summed E-state index contributed by atoms with van der Waals surface area (Å²) in [4.78, 5) is 14.2. The van der Waals surface area contributed by atoms with Crippen LogP contribution in [0.15, 0.2) is 0 Å². The average Bonchev–Trinajstić information content (AvgIpc) is 2.55. The molecule has 17 heavy (non-hydrogen) atoms. The van der Waals surface area contributed by atoms with Crippen molar-refractivity contribution in [3.63, 3.8) is 0 Å². The summed E-state index contributed by atoms with van der Waals surface area (Å²) in [6, 6.07) is 0.250. The summed E-state index contributed by atoms with van der Waals surface area (Å²) >= 11 is 0. The summed E-state index contributed by atoms with van der Waals surface area (Å²) in [6.07, 6.45) is 4.10. The molecule has 4 heteroatoms. The highest BCUT2D eigenvalue weighted by Gasteiger charge is 2.20. The van der Waals surface area contributed by atoms with E-state index in [1.165, 1.54) is 0 Å². The zero-order valence-electron chi connectivity index (χ0n) is 11.2. The van der Waals surface area contributed by atoms with E-state index in [1.807, 2.05) is 18.7 Å². The van der Waals surface area contributed by atoms with Crippen molar-refractivity contribution in [1.29, 1.82) is 0 Å². The number of carbonyl (C=O) groups is 1. The molecule has 0 aromatic carbocycles. The van der Waals surface area contributed by atoms with Crippen molar-refractivity contribution in [3.05, 3.63) is 0 Å². The monoisotopic (exact) mass is 241 g/mol. The van der Waals surface area contributed by atoms with E-state index in [4.69, 9.17) is 5.73 Å². The van der Waals surface area contributed by atoms with Gasteiger partial charge >= 0.3 is 0 Å². The maximum Gasteiger partial charge on any atom is 0.225 e. The van der Waals surface area contributed by atoms with E-state index in [2.05, 4.69) is 5.32 Å². The molecule has 0 saturated carbocycles. The van der Waals surface area contributed by atoms with E-state index in [0.717, 1.165) is 51.9 Å². The van der Waals surface area contributed by atoms with Gasteiger partial charge in [-0.15, -0.1) is 0 Å². The zero-order valence-corrected chi connectivity index (χ0v) is 11.2. The molecule has 1 fully saturated rings. The number of amides is 1. The molecule has 3 N–H and O–H groups in total. The number of hydrogen-bond acceptors (Lipinski definition) is 3. The zero-order chi connectivity index (χ0) is 12.7. The first-order valence-electron chi connectivity index (χ1n) is 6.86. The summed E-state index contributed by atoms with van der Waals surface area (Å²) in [6.45, 7) is 7.79. The van der Waals surface area contributed by atoms with E-state index in [1.54, 1.807) is 0 Å². The third-order valence-corrected chi connectivity index (χ3v) is 3.37. The van der Waals surface area contributed by atoms with Crippen LogP contribution in [0.4, 0.5) is 0 Å². The Bertz CT molecular complexity index is 223. The Morgan fingerprint density at radius 1 is 1.29 bits per heavy atom. The van der Waals surface area contributed by atoms with Crippen LogP contribution >= 0.6 is 0 Å². The molecule has 0 aromatic heterocycles. The van der Waals surface area contributed by atoms with E-state index in [9.17, 15) is 4.79 Å². The molecule has 1 amide bonds. The van der Waals surface area contributed by atoms with Crippen LogP contribution in [-0.4, -0.2) is 43.0 Å². The minimum Gasteiger partial charge on any atom is -0.341 e. The fraction of sp³-hybridized carbons (Fsp3) is 0.923. The topological polar surface area (TPSA) is 58.4 Å². The molecule has 0 spiro atoms. The Morgan fingerprint density at radius 2 is 2.06 bits per heavy atom. The minimum absolute atomic E-state index is 0.145. The van der Waals surface area contributed by atoms with Crippen LogP contribution in [-0.2, 0) is 4.79 Å². The largest absolute Gasteiger partial charge is 0.341 e. The Labute approximate surface area is 105 Å². The quantitative estimate of drug-likeness (QED) is 0.754. The Hall–Kier alpha value is -0.610. The van der Waals surface area contributed by atoms with Crippen LogP contribution in [0.3, 0.4) is 0 Å². The van der Waals surface area contributed by atoms with Gasteiger partial charge in [-0.05, 0) is 32.7 Å². The van der Waals surface area contributed by atoms with Crippen molar-refractivity contribution in [1.82, 2.24) is 10.2 Å². The third kappa shape index (κ3) is 5.50. The number of nitrogens with zero attached hydrogens (tertiary/aromatic N) is 1. The normalized spacial score (nSPS) is 20.8. The molecule has 1 heterocycles. The standard InChI is InChI=1S/C13H27N3O/c1-11(5-3-6-12(2)14)13(17)16-9-4-7-15-8-10-16/h11-12,15H,3-10,14H2,1-2H3. The highest BCUT2D eigenvalue weighted by molar-refractivity contribution is 5.78. The van der Waals surface area contributed by atoms with Crippen LogP contribution < -0.4 is 11.1 Å². The second-order valence-corrected chi connectivity index (χ2v) is 5.24. The molecule has 0 radical (unpaired) electrons. The predicted molar refractivity (Wildman–Crippen MR) is 70.7 cm³/mol. The van der Waals surface area contributed by atoms with Gasteiger partial charge in [0.2, 0.25) is 5.91 Å². The summed E-state index contributed by atoms with van der Waals surface area (Å²) in [5, 5.41) is 3.32. The van der Waals surface area contributed by atoms with Crippen LogP contribution in [0.2, 0.25) is 0 Å². The number of hydrogen-bond donors (Lipinski definition) is 2. The molecular weight excluding hydrogens is 214 g/mol. The Morgan fingerprint density at radius 3 is 2.76 bits per heavy atom. The van der Waals surface area contributed by atoms with Gasteiger partial charge in [-0.3, -0.25) is 4.79 Å². The second kappa shape index (κ2) is 7.67. The predicted octanol–water partition coefficient (Wildman–Crippen LogP) is 0.962. The van der Waals surface area contributed by atoms with E-state index >= 15 is 0 Å². The highest BCUT2D eigenvalue weighted by atomic mass is 16.2. The first kappa shape index (κ1) is 14.5. The molecule has 1 rings (SSSR count). The van der Waals surface area contributed by atoms with Gasteiger partial charge in [-0.2, -0.15) is 0 Å². The molecule has 0 aliphatic carbocycles. The molecular formula is C13H27N3O. The van der Waals surface area contributed by atoms with Crippen molar-refractivity contribution in [3.8, 4) is 0 Å². The van der Waals surface area contributed by atoms with E-state index < -0.39 is 0 Å². The van der Waals surface area contributed by atoms with Crippen molar-refractivity contribution in [2.45, 2.75) is 45.6 Å². The lowest BCUT2D eigenvalue weighted by Crippen LogP contribution is -2.37. The highest BCUT2D eigenvalue weighted by Crippen LogP contribution is 2.13. The first-order chi connectivity index (χ1) is 8.11. The van der Waals surface area contributed by atoms with Crippen molar-refractivity contribution in [2.75, 3.05) is 26.2 Å². The van der Waals surface area contributed by atoms with Gasteiger partial charge in [0.1, 0.15) is 0 Å². The maximum atomic E-state index is 12.2. The van der Waals surface area contributed by atoms with E-state index in [-0.39, 0.29) is 12.0 Å². The van der Waals surface area contributed by atoms with Gasteiger partial charge in [0, 0.05) is 31.6 Å². The maximum absolute atomic E-state index is 12.2. The van der Waals surface area contributed by atoms with Crippen molar-refractivity contribution >= 4 is 5.91 Å². The molecule has 100 valence electrons. The first-order valence-corrected chi connectivity index (χ1v) is 6.86. The van der Waals surface area contributed by atoms with Gasteiger partial charge in [0.25, 0.3) is 0 Å². The van der Waals surface area contributed by atoms with Gasteiger partial charge in [-0.25, -0.2) is 0 Å². The van der Waals surface area contributed by atoms with Gasteiger partial charge in [-0.1, -0.05) is 13.3 Å². The minimum atomic E-state index is 0.145. The van der Waals surface area contributed by atoms with Gasteiger partial charge in [0.05, 0.1) is 0 Å². The van der Waals surface area contributed by atoms with Gasteiger partial charge < -0.3 is 16.0 Å². The van der Waals surface area contributed by atoms with Crippen LogP contribution in [0.25, 0.3) is 0 Å². The molecule has 4 nitrogen and oxygen atoms in total. The summed E-state index contributed by atoms with van der Waals surface area (Å²) in [5.74, 6) is 0.463. The number of nitrogens with two attached hydrogens (primary N) is 1. The summed E-state index contributed by atoms with van der Waals surface area (Å²) in [5.41, 5.74) is 5.71. The molecule has 2 atom stereocenters.